The van der Waals surface area contributed by atoms with E-state index in [1.165, 1.54) is 25.7 Å². The van der Waals surface area contributed by atoms with E-state index in [-0.39, 0.29) is 5.91 Å². The Balaban J connectivity index is 1.63. The van der Waals surface area contributed by atoms with Gasteiger partial charge in [-0.25, -0.2) is 5.43 Å². The second kappa shape index (κ2) is 5.68. The van der Waals surface area contributed by atoms with Gasteiger partial charge in [-0.3, -0.25) is 4.79 Å². The molecule has 1 N–H and O–H groups in total. The van der Waals surface area contributed by atoms with E-state index >= 15 is 0 Å². The topological polar surface area (TPSA) is 41.5 Å². The molecule has 3 nitrogen and oxygen atoms in total. The summed E-state index contributed by atoms with van der Waals surface area (Å²) in [6, 6.07) is 7.35. The largest absolute Gasteiger partial charge is 0.271 e. The zero-order valence-corrected chi connectivity index (χ0v) is 13.2. The summed E-state index contributed by atoms with van der Waals surface area (Å²) < 4.78 is 0.902. The third-order valence-electron chi connectivity index (χ3n) is 4.70. The van der Waals surface area contributed by atoms with E-state index in [0.717, 1.165) is 22.0 Å². The number of nitrogens with zero attached hydrogens (tertiary/aromatic N) is 1. The molecule has 0 spiro atoms. The van der Waals surface area contributed by atoms with Crippen LogP contribution in [-0.4, -0.2) is 11.6 Å². The highest BCUT2D eigenvalue weighted by Gasteiger charge is 2.40. The van der Waals surface area contributed by atoms with E-state index < -0.39 is 0 Å². The summed E-state index contributed by atoms with van der Waals surface area (Å²) in [5.74, 6) is 2.13. The molecule has 1 amide bonds. The zero-order valence-electron chi connectivity index (χ0n) is 11.6. The van der Waals surface area contributed by atoms with Crippen molar-refractivity contribution in [3.63, 3.8) is 0 Å². The SMILES string of the molecule is C/C(=N/NC(=O)c1cccc(Br)c1)[C@H]1C[C@@H]2CC[C@@H]1C2. The summed E-state index contributed by atoms with van der Waals surface area (Å²) in [5, 5.41) is 4.33. The molecule has 2 aliphatic rings. The minimum atomic E-state index is -0.145. The van der Waals surface area contributed by atoms with Gasteiger partial charge >= 0.3 is 0 Å². The molecule has 2 saturated carbocycles. The number of benzene rings is 1. The van der Waals surface area contributed by atoms with E-state index in [1.807, 2.05) is 19.1 Å². The van der Waals surface area contributed by atoms with Crippen LogP contribution in [0.4, 0.5) is 0 Å². The average molecular weight is 335 g/mol. The maximum absolute atomic E-state index is 12.0. The molecule has 0 radical (unpaired) electrons. The monoisotopic (exact) mass is 334 g/mol. The third kappa shape index (κ3) is 2.80. The molecule has 20 heavy (non-hydrogen) atoms. The van der Waals surface area contributed by atoms with E-state index in [0.29, 0.717) is 11.5 Å². The Morgan fingerprint density at radius 2 is 2.20 bits per heavy atom. The molecule has 0 aliphatic heterocycles. The van der Waals surface area contributed by atoms with Crippen LogP contribution in [-0.2, 0) is 0 Å². The van der Waals surface area contributed by atoms with E-state index in [9.17, 15) is 4.79 Å². The number of hydrazone groups is 1. The van der Waals surface area contributed by atoms with Crippen LogP contribution in [0.3, 0.4) is 0 Å². The number of nitrogens with one attached hydrogen (secondary N) is 1. The number of hydrogen-bond acceptors (Lipinski definition) is 2. The zero-order chi connectivity index (χ0) is 14.1. The first-order valence-electron chi connectivity index (χ1n) is 7.23. The molecule has 1 aromatic rings. The molecule has 3 rings (SSSR count). The Labute approximate surface area is 128 Å². The van der Waals surface area contributed by atoms with Gasteiger partial charge in [0.1, 0.15) is 0 Å². The molecule has 0 heterocycles. The molecular formula is C16H19BrN2O. The molecule has 0 aromatic heterocycles. The van der Waals surface area contributed by atoms with Gasteiger partial charge in [-0.05, 0) is 56.2 Å². The van der Waals surface area contributed by atoms with Crippen molar-refractivity contribution < 1.29 is 4.79 Å². The maximum atomic E-state index is 12.0. The van der Waals surface area contributed by atoms with Crippen molar-refractivity contribution in [2.45, 2.75) is 32.6 Å². The lowest BCUT2D eigenvalue weighted by Gasteiger charge is -2.21. The standard InChI is InChI=1S/C16H19BrN2O/c1-10(15-8-11-5-6-12(15)7-11)18-19-16(20)13-3-2-4-14(17)9-13/h2-4,9,11-12,15H,5-8H2,1H3,(H,19,20)/b18-10-/t11-,12-,15-/m1/s1. The molecule has 106 valence electrons. The van der Waals surface area contributed by atoms with Gasteiger partial charge in [0.2, 0.25) is 0 Å². The van der Waals surface area contributed by atoms with Crippen molar-refractivity contribution in [1.29, 1.82) is 0 Å². The molecule has 0 unspecified atom stereocenters. The van der Waals surface area contributed by atoms with Crippen LogP contribution in [0.25, 0.3) is 0 Å². The highest BCUT2D eigenvalue weighted by Crippen LogP contribution is 2.48. The fourth-order valence-corrected chi connectivity index (χ4v) is 4.07. The van der Waals surface area contributed by atoms with Crippen molar-refractivity contribution in [3.8, 4) is 0 Å². The third-order valence-corrected chi connectivity index (χ3v) is 5.19. The highest BCUT2D eigenvalue weighted by molar-refractivity contribution is 9.10. The lowest BCUT2D eigenvalue weighted by Crippen LogP contribution is -2.24. The maximum Gasteiger partial charge on any atom is 0.271 e. The Morgan fingerprint density at radius 3 is 2.85 bits per heavy atom. The second-order valence-corrected chi connectivity index (χ2v) is 6.90. The molecular weight excluding hydrogens is 316 g/mol. The summed E-state index contributed by atoms with van der Waals surface area (Å²) in [4.78, 5) is 12.0. The molecule has 2 fully saturated rings. The summed E-state index contributed by atoms with van der Waals surface area (Å²) in [5.41, 5.74) is 4.40. The normalized spacial score (nSPS) is 28.7. The Hall–Kier alpha value is -1.16. The quantitative estimate of drug-likeness (QED) is 0.659. The Morgan fingerprint density at radius 1 is 1.35 bits per heavy atom. The van der Waals surface area contributed by atoms with Gasteiger partial charge < -0.3 is 0 Å². The van der Waals surface area contributed by atoms with Gasteiger partial charge in [0.15, 0.2) is 0 Å². The predicted molar refractivity (Wildman–Crippen MR) is 83.7 cm³/mol. The first kappa shape index (κ1) is 13.8. The van der Waals surface area contributed by atoms with E-state index in [1.54, 1.807) is 12.1 Å². The van der Waals surface area contributed by atoms with Gasteiger partial charge in [-0.15, -0.1) is 0 Å². The number of halogens is 1. The fourth-order valence-electron chi connectivity index (χ4n) is 3.67. The molecule has 2 bridgehead atoms. The lowest BCUT2D eigenvalue weighted by atomic mass is 9.86. The van der Waals surface area contributed by atoms with Gasteiger partial charge in [0.05, 0.1) is 0 Å². The molecule has 1 aromatic carbocycles. The van der Waals surface area contributed by atoms with Crippen molar-refractivity contribution in [3.05, 3.63) is 34.3 Å². The average Bonchev–Trinajstić information content (AvgIpc) is 3.07. The van der Waals surface area contributed by atoms with Crippen LogP contribution in [0, 0.1) is 17.8 Å². The van der Waals surface area contributed by atoms with Crippen LogP contribution in [0.15, 0.2) is 33.8 Å². The van der Waals surface area contributed by atoms with E-state index in [4.69, 9.17) is 0 Å². The molecule has 4 heteroatoms. The van der Waals surface area contributed by atoms with Gasteiger partial charge in [0, 0.05) is 21.7 Å². The number of carbonyl (C=O) groups excluding carboxylic acids is 1. The van der Waals surface area contributed by atoms with Crippen LogP contribution >= 0.6 is 15.9 Å². The number of hydrogen-bond donors (Lipinski definition) is 1. The number of amides is 1. The minimum absolute atomic E-state index is 0.145. The van der Waals surface area contributed by atoms with Crippen molar-refractivity contribution >= 4 is 27.5 Å². The van der Waals surface area contributed by atoms with Crippen molar-refractivity contribution in [1.82, 2.24) is 5.43 Å². The summed E-state index contributed by atoms with van der Waals surface area (Å²) in [7, 11) is 0. The lowest BCUT2D eigenvalue weighted by molar-refractivity contribution is 0.0954. The molecule has 3 atom stereocenters. The van der Waals surface area contributed by atoms with Crippen molar-refractivity contribution in [2.24, 2.45) is 22.9 Å². The fraction of sp³-hybridized carbons (Fsp3) is 0.500. The Bertz CT molecular complexity index is 555. The summed E-state index contributed by atoms with van der Waals surface area (Å²) >= 11 is 3.37. The van der Waals surface area contributed by atoms with Gasteiger partial charge in [-0.2, -0.15) is 5.10 Å². The van der Waals surface area contributed by atoms with Gasteiger partial charge in [-0.1, -0.05) is 28.4 Å². The van der Waals surface area contributed by atoms with Crippen molar-refractivity contribution in [2.75, 3.05) is 0 Å². The van der Waals surface area contributed by atoms with Gasteiger partial charge in [0.25, 0.3) is 5.91 Å². The summed E-state index contributed by atoms with van der Waals surface area (Å²) in [6.07, 6.45) is 5.34. The smallest absolute Gasteiger partial charge is 0.267 e. The van der Waals surface area contributed by atoms with Crippen LogP contribution in [0.1, 0.15) is 43.0 Å². The van der Waals surface area contributed by atoms with Crippen LogP contribution < -0.4 is 5.43 Å². The van der Waals surface area contributed by atoms with E-state index in [2.05, 4.69) is 26.5 Å². The highest BCUT2D eigenvalue weighted by atomic mass is 79.9. The second-order valence-electron chi connectivity index (χ2n) is 5.99. The summed E-state index contributed by atoms with van der Waals surface area (Å²) in [6.45, 7) is 2.05. The number of fused-ring (bicyclic) bond motifs is 2. The first-order chi connectivity index (χ1) is 9.63. The first-order valence-corrected chi connectivity index (χ1v) is 8.03. The number of rotatable bonds is 3. The molecule has 2 aliphatic carbocycles. The minimum Gasteiger partial charge on any atom is -0.267 e. The predicted octanol–water partition coefficient (Wildman–Crippen LogP) is 3.99. The Kier molecular flexibility index (Phi) is 3.92. The van der Waals surface area contributed by atoms with Crippen LogP contribution in [0.5, 0.6) is 0 Å². The molecule has 0 saturated heterocycles. The number of carbonyl (C=O) groups is 1. The van der Waals surface area contributed by atoms with Crippen LogP contribution in [0.2, 0.25) is 0 Å².